The second kappa shape index (κ2) is 7.28. The molecule has 0 spiro atoms. The Labute approximate surface area is 157 Å². The average Bonchev–Trinajstić information content (AvgIpc) is 2.98. The molecule has 8 heteroatoms. The molecular formula is C19H25N5O3. The largest absolute Gasteiger partial charge is 0.396 e. The van der Waals surface area contributed by atoms with Gasteiger partial charge in [-0.2, -0.15) is 5.10 Å². The number of amides is 2. The standard InChI is InChI=1S/C19H25N5O3/c1-24-16-8-12(21-15-6-7-20-9-11(15)10-25)2-3-13(16)18(23-24)14-4-5-17(26)22-19(14)27/h2-3,8,11,14-15,20-21,25H,4-7,9-10H2,1H3,(H,22,26,27)/t11-,14?,15-/m1/s1. The van der Waals surface area contributed by atoms with E-state index in [4.69, 9.17) is 0 Å². The summed E-state index contributed by atoms with van der Waals surface area (Å²) in [5.41, 5.74) is 2.64. The van der Waals surface area contributed by atoms with Crippen LogP contribution in [0.3, 0.4) is 0 Å². The van der Waals surface area contributed by atoms with Crippen LogP contribution in [0.15, 0.2) is 18.2 Å². The van der Waals surface area contributed by atoms with Crippen molar-refractivity contribution in [3.63, 3.8) is 0 Å². The third kappa shape index (κ3) is 3.42. The lowest BCUT2D eigenvalue weighted by Crippen LogP contribution is -2.45. The van der Waals surface area contributed by atoms with Gasteiger partial charge in [0.2, 0.25) is 11.8 Å². The van der Waals surface area contributed by atoms with Crippen LogP contribution in [-0.2, 0) is 16.6 Å². The fourth-order valence-corrected chi connectivity index (χ4v) is 4.11. The number of fused-ring (bicyclic) bond motifs is 1. The first-order chi connectivity index (χ1) is 13.1. The minimum Gasteiger partial charge on any atom is -0.396 e. The van der Waals surface area contributed by atoms with E-state index in [9.17, 15) is 14.7 Å². The lowest BCUT2D eigenvalue weighted by molar-refractivity contribution is -0.134. The zero-order chi connectivity index (χ0) is 19.0. The molecule has 0 saturated carbocycles. The highest BCUT2D eigenvalue weighted by Gasteiger charge is 2.31. The van der Waals surface area contributed by atoms with E-state index in [1.165, 1.54) is 0 Å². The Bertz CT molecular complexity index is 878. The molecular weight excluding hydrogens is 346 g/mol. The highest BCUT2D eigenvalue weighted by Crippen LogP contribution is 2.32. The van der Waals surface area contributed by atoms with Gasteiger partial charge in [-0.05, 0) is 37.6 Å². The number of nitrogens with zero attached hydrogens (tertiary/aromatic N) is 2. The number of carbonyl (C=O) groups is 2. The molecule has 2 aliphatic heterocycles. The Balaban J connectivity index is 1.61. The van der Waals surface area contributed by atoms with Crippen LogP contribution in [0.2, 0.25) is 0 Å². The number of hydrogen-bond acceptors (Lipinski definition) is 6. The third-order valence-electron chi connectivity index (χ3n) is 5.64. The summed E-state index contributed by atoms with van der Waals surface area (Å²) in [7, 11) is 1.86. The smallest absolute Gasteiger partial charge is 0.235 e. The maximum atomic E-state index is 12.2. The Morgan fingerprint density at radius 3 is 2.96 bits per heavy atom. The molecule has 0 bridgehead atoms. The summed E-state index contributed by atoms with van der Waals surface area (Å²) in [6, 6.07) is 6.24. The third-order valence-corrected chi connectivity index (χ3v) is 5.64. The van der Waals surface area contributed by atoms with Gasteiger partial charge in [0.25, 0.3) is 0 Å². The maximum absolute atomic E-state index is 12.2. The van der Waals surface area contributed by atoms with E-state index in [0.29, 0.717) is 12.8 Å². The molecule has 144 valence electrons. The molecule has 8 nitrogen and oxygen atoms in total. The molecule has 3 atom stereocenters. The van der Waals surface area contributed by atoms with E-state index < -0.39 is 5.92 Å². The van der Waals surface area contributed by atoms with Crippen LogP contribution in [0, 0.1) is 5.92 Å². The molecule has 2 saturated heterocycles. The van der Waals surface area contributed by atoms with Crippen LogP contribution >= 0.6 is 0 Å². The van der Waals surface area contributed by atoms with Crippen molar-refractivity contribution in [2.24, 2.45) is 13.0 Å². The Hall–Kier alpha value is -2.45. The summed E-state index contributed by atoms with van der Waals surface area (Å²) >= 11 is 0. The van der Waals surface area contributed by atoms with Crippen molar-refractivity contribution in [3.8, 4) is 0 Å². The molecule has 1 unspecified atom stereocenters. The lowest BCUT2D eigenvalue weighted by atomic mass is 9.92. The van der Waals surface area contributed by atoms with Crippen molar-refractivity contribution >= 4 is 28.4 Å². The zero-order valence-electron chi connectivity index (χ0n) is 15.4. The minimum atomic E-state index is -0.395. The van der Waals surface area contributed by atoms with Gasteiger partial charge in [0.15, 0.2) is 0 Å². The van der Waals surface area contributed by atoms with Gasteiger partial charge in [0.05, 0.1) is 17.1 Å². The van der Waals surface area contributed by atoms with Crippen molar-refractivity contribution in [2.45, 2.75) is 31.2 Å². The Kier molecular flexibility index (Phi) is 4.84. The molecule has 4 N–H and O–H groups in total. The molecule has 1 aromatic carbocycles. The average molecular weight is 371 g/mol. The summed E-state index contributed by atoms with van der Waals surface area (Å²) < 4.78 is 1.78. The number of carbonyl (C=O) groups excluding carboxylic acids is 2. The van der Waals surface area contributed by atoms with Crippen LogP contribution < -0.4 is 16.0 Å². The van der Waals surface area contributed by atoms with E-state index in [-0.39, 0.29) is 30.4 Å². The number of piperidine rings is 2. The number of aliphatic hydroxyl groups excluding tert-OH is 1. The van der Waals surface area contributed by atoms with Crippen molar-refractivity contribution in [1.82, 2.24) is 20.4 Å². The predicted molar refractivity (Wildman–Crippen MR) is 101 cm³/mol. The Morgan fingerprint density at radius 1 is 1.33 bits per heavy atom. The number of rotatable bonds is 4. The number of imide groups is 1. The van der Waals surface area contributed by atoms with Crippen molar-refractivity contribution in [1.29, 1.82) is 0 Å². The maximum Gasteiger partial charge on any atom is 0.235 e. The number of aromatic nitrogens is 2. The zero-order valence-corrected chi connectivity index (χ0v) is 15.4. The Morgan fingerprint density at radius 2 is 2.19 bits per heavy atom. The van der Waals surface area contributed by atoms with Crippen molar-refractivity contribution in [3.05, 3.63) is 23.9 Å². The quantitative estimate of drug-likeness (QED) is 0.582. The molecule has 3 heterocycles. The minimum absolute atomic E-state index is 0.151. The highest BCUT2D eigenvalue weighted by molar-refractivity contribution is 6.02. The summed E-state index contributed by atoms with van der Waals surface area (Å²) in [5, 5.41) is 24.4. The molecule has 2 fully saturated rings. The topological polar surface area (TPSA) is 108 Å². The van der Waals surface area contributed by atoms with Gasteiger partial charge in [-0.3, -0.25) is 19.6 Å². The molecule has 4 rings (SSSR count). The molecule has 2 amide bonds. The number of nitrogens with one attached hydrogen (secondary N) is 3. The molecule has 2 aliphatic rings. The van der Waals surface area contributed by atoms with E-state index in [2.05, 4.69) is 21.0 Å². The highest BCUT2D eigenvalue weighted by atomic mass is 16.3. The van der Waals surface area contributed by atoms with E-state index >= 15 is 0 Å². The number of anilines is 1. The SMILES string of the molecule is Cn1nc(C2CCC(=O)NC2=O)c2ccc(N[C@@H]3CCNC[C@@H]3CO)cc21. The second-order valence-electron chi connectivity index (χ2n) is 7.43. The first-order valence-corrected chi connectivity index (χ1v) is 9.45. The fourth-order valence-electron chi connectivity index (χ4n) is 4.11. The second-order valence-corrected chi connectivity index (χ2v) is 7.43. The van der Waals surface area contributed by atoms with Gasteiger partial charge >= 0.3 is 0 Å². The van der Waals surface area contributed by atoms with Crippen molar-refractivity contribution < 1.29 is 14.7 Å². The molecule has 2 aromatic rings. The molecule has 27 heavy (non-hydrogen) atoms. The normalized spacial score (nSPS) is 26.2. The van der Waals surface area contributed by atoms with Gasteiger partial charge in [-0.15, -0.1) is 0 Å². The van der Waals surface area contributed by atoms with Crippen LogP contribution in [0.1, 0.15) is 30.9 Å². The van der Waals surface area contributed by atoms with Gasteiger partial charge in [-0.1, -0.05) is 0 Å². The van der Waals surface area contributed by atoms with Gasteiger partial charge < -0.3 is 15.7 Å². The number of aryl methyl sites for hydroxylation is 1. The molecule has 0 aliphatic carbocycles. The van der Waals surface area contributed by atoms with Crippen LogP contribution in [0.5, 0.6) is 0 Å². The monoisotopic (exact) mass is 371 g/mol. The van der Waals surface area contributed by atoms with E-state index in [1.807, 2.05) is 25.2 Å². The van der Waals surface area contributed by atoms with Crippen molar-refractivity contribution in [2.75, 3.05) is 25.0 Å². The van der Waals surface area contributed by atoms with Crippen LogP contribution in [0.25, 0.3) is 10.9 Å². The summed E-state index contributed by atoms with van der Waals surface area (Å²) in [6.45, 7) is 1.89. The van der Waals surface area contributed by atoms with Crippen LogP contribution in [0.4, 0.5) is 5.69 Å². The first-order valence-electron chi connectivity index (χ1n) is 9.45. The van der Waals surface area contributed by atoms with Gasteiger partial charge in [0, 0.05) is 49.7 Å². The fraction of sp³-hybridized carbons (Fsp3) is 0.526. The molecule has 1 aromatic heterocycles. The van der Waals surface area contributed by atoms with E-state index in [1.54, 1.807) is 4.68 Å². The number of hydrogen-bond donors (Lipinski definition) is 4. The molecule has 0 radical (unpaired) electrons. The number of aliphatic hydroxyl groups is 1. The summed E-state index contributed by atoms with van der Waals surface area (Å²) in [4.78, 5) is 23.6. The van der Waals surface area contributed by atoms with Gasteiger partial charge in [-0.25, -0.2) is 0 Å². The predicted octanol–water partition coefficient (Wildman–Crippen LogP) is 0.476. The first kappa shape index (κ1) is 17.9. The van der Waals surface area contributed by atoms with Crippen LogP contribution in [-0.4, -0.2) is 52.4 Å². The summed E-state index contributed by atoms with van der Waals surface area (Å²) in [5.74, 6) is -0.703. The van der Waals surface area contributed by atoms with E-state index in [0.717, 1.165) is 41.8 Å². The lowest BCUT2D eigenvalue weighted by Gasteiger charge is -2.32. The summed E-state index contributed by atoms with van der Waals surface area (Å²) in [6.07, 6.45) is 1.78. The number of benzene rings is 1. The van der Waals surface area contributed by atoms with Gasteiger partial charge in [0.1, 0.15) is 0 Å².